The predicted molar refractivity (Wildman–Crippen MR) is 75.2 cm³/mol. The Morgan fingerprint density at radius 2 is 2.00 bits per heavy atom. The fourth-order valence-electron chi connectivity index (χ4n) is 1.49. The third-order valence-electron chi connectivity index (χ3n) is 2.57. The van der Waals surface area contributed by atoms with E-state index < -0.39 is 9.84 Å². The molecule has 1 aromatic rings. The van der Waals surface area contributed by atoms with E-state index in [0.717, 1.165) is 11.3 Å². The summed E-state index contributed by atoms with van der Waals surface area (Å²) < 4.78 is 24.0. The van der Waals surface area contributed by atoms with Crippen LogP contribution >= 0.6 is 11.3 Å². The number of carbonyl (C=O) groups excluding carboxylic acids is 1. The van der Waals surface area contributed by atoms with Crippen molar-refractivity contribution < 1.29 is 13.2 Å². The third kappa shape index (κ3) is 2.51. The minimum absolute atomic E-state index is 0.0437. The number of rotatable bonds is 5. The van der Waals surface area contributed by atoms with Crippen LogP contribution in [0.1, 0.15) is 30.4 Å². The highest BCUT2D eigenvalue weighted by molar-refractivity contribution is 7.91. The van der Waals surface area contributed by atoms with E-state index in [2.05, 4.69) is 5.32 Å². The molecule has 1 aromatic heterocycles. The molecule has 0 unspecified atom stereocenters. The first-order chi connectivity index (χ1) is 8.26. The summed E-state index contributed by atoms with van der Waals surface area (Å²) in [6.07, 6.45) is 0. The molecule has 0 saturated heterocycles. The molecule has 1 rings (SSSR count). The molecule has 0 aliphatic carbocycles. The number of ketones is 1. The van der Waals surface area contributed by atoms with Crippen LogP contribution in [0.15, 0.2) is 4.90 Å². The van der Waals surface area contributed by atoms with Crippen LogP contribution in [-0.4, -0.2) is 27.0 Å². The summed E-state index contributed by atoms with van der Waals surface area (Å²) in [5.74, 6) is -0.392. The van der Waals surface area contributed by atoms with Gasteiger partial charge in [-0.25, -0.2) is 8.42 Å². The highest BCUT2D eigenvalue weighted by Crippen LogP contribution is 2.40. The van der Waals surface area contributed by atoms with Gasteiger partial charge < -0.3 is 11.1 Å². The predicted octanol–water partition coefficient (Wildman–Crippen LogP) is 2.00. The molecule has 0 aromatic carbocycles. The van der Waals surface area contributed by atoms with Gasteiger partial charge in [-0.2, -0.15) is 0 Å². The second-order valence-electron chi connectivity index (χ2n) is 4.18. The molecule has 0 bridgehead atoms. The van der Waals surface area contributed by atoms with Crippen LogP contribution in [0.5, 0.6) is 0 Å². The Morgan fingerprint density at radius 3 is 2.39 bits per heavy atom. The normalized spacial score (nSPS) is 11.8. The lowest BCUT2D eigenvalue weighted by molar-refractivity contribution is 0.0944. The Bertz CT molecular complexity index is 559. The van der Waals surface area contributed by atoms with E-state index in [1.807, 2.05) is 0 Å². The van der Waals surface area contributed by atoms with E-state index in [9.17, 15) is 13.2 Å². The molecule has 0 amide bonds. The second kappa shape index (κ2) is 5.27. The van der Waals surface area contributed by atoms with E-state index in [1.165, 1.54) is 0 Å². The number of hydrogen-bond acceptors (Lipinski definition) is 6. The van der Waals surface area contributed by atoms with Crippen LogP contribution in [-0.2, 0) is 9.84 Å². The zero-order valence-corrected chi connectivity index (χ0v) is 12.5. The van der Waals surface area contributed by atoms with Gasteiger partial charge in [0.15, 0.2) is 15.6 Å². The van der Waals surface area contributed by atoms with Crippen LogP contribution in [0.2, 0.25) is 0 Å². The number of nitrogen functional groups attached to an aromatic ring is 1. The molecule has 7 heteroatoms. The standard InChI is InChI=1S/C11H18N2O3S2/c1-5-18(15,16)10-7(12)9(8(14)6(2)3)17-11(10)13-4/h6,13H,5,12H2,1-4H3. The molecule has 0 aliphatic heterocycles. The number of carbonyl (C=O) groups is 1. The van der Waals surface area contributed by atoms with Crippen molar-refractivity contribution in [2.75, 3.05) is 23.9 Å². The van der Waals surface area contributed by atoms with Crippen molar-refractivity contribution in [1.82, 2.24) is 0 Å². The minimum atomic E-state index is -3.44. The van der Waals surface area contributed by atoms with Gasteiger partial charge in [0.25, 0.3) is 0 Å². The van der Waals surface area contributed by atoms with E-state index in [-0.39, 0.29) is 28.0 Å². The van der Waals surface area contributed by atoms with Gasteiger partial charge in [0.1, 0.15) is 9.90 Å². The molecule has 0 fully saturated rings. The molecule has 1 heterocycles. The first-order valence-corrected chi connectivity index (χ1v) is 8.10. The third-order valence-corrected chi connectivity index (χ3v) is 5.74. The summed E-state index contributed by atoms with van der Waals surface area (Å²) in [6.45, 7) is 5.07. The van der Waals surface area contributed by atoms with Crippen molar-refractivity contribution in [1.29, 1.82) is 0 Å². The van der Waals surface area contributed by atoms with Crippen molar-refractivity contribution in [3.8, 4) is 0 Å². The fourth-order valence-corrected chi connectivity index (χ4v) is 4.23. The largest absolute Gasteiger partial charge is 0.396 e. The first-order valence-electron chi connectivity index (χ1n) is 5.63. The van der Waals surface area contributed by atoms with Crippen molar-refractivity contribution in [3.63, 3.8) is 0 Å². The summed E-state index contributed by atoms with van der Waals surface area (Å²) in [4.78, 5) is 12.3. The van der Waals surface area contributed by atoms with Crippen LogP contribution in [0.4, 0.5) is 10.7 Å². The Balaban J connectivity index is 3.51. The molecule has 18 heavy (non-hydrogen) atoms. The Labute approximate surface area is 111 Å². The van der Waals surface area contributed by atoms with Gasteiger partial charge >= 0.3 is 0 Å². The lowest BCUT2D eigenvalue weighted by Crippen LogP contribution is -2.11. The highest BCUT2D eigenvalue weighted by Gasteiger charge is 2.28. The number of Topliss-reactive ketones (excluding diaryl/α,β-unsaturated/α-hetero) is 1. The Kier molecular flexibility index (Phi) is 4.39. The second-order valence-corrected chi connectivity index (χ2v) is 7.41. The average Bonchev–Trinajstić information content (AvgIpc) is 2.65. The molecule has 0 aliphatic rings. The summed E-state index contributed by atoms with van der Waals surface area (Å²) in [6, 6.07) is 0. The van der Waals surface area contributed by atoms with Crippen LogP contribution in [0, 0.1) is 5.92 Å². The number of hydrogen-bond donors (Lipinski definition) is 2. The van der Waals surface area contributed by atoms with Gasteiger partial charge in [0.05, 0.1) is 16.3 Å². The SMILES string of the molecule is CCS(=O)(=O)c1c(NC)sc(C(=O)C(C)C)c1N. The zero-order chi connectivity index (χ0) is 14.1. The van der Waals surface area contributed by atoms with Gasteiger partial charge in [-0.05, 0) is 0 Å². The topological polar surface area (TPSA) is 89.3 Å². The van der Waals surface area contributed by atoms with E-state index in [4.69, 9.17) is 5.73 Å². The summed E-state index contributed by atoms with van der Waals surface area (Å²) in [5, 5.41) is 3.23. The maximum atomic E-state index is 12.0. The van der Waals surface area contributed by atoms with E-state index in [0.29, 0.717) is 9.88 Å². The lowest BCUT2D eigenvalue weighted by atomic mass is 10.1. The quantitative estimate of drug-likeness (QED) is 0.810. The Morgan fingerprint density at radius 1 is 1.44 bits per heavy atom. The monoisotopic (exact) mass is 290 g/mol. The van der Waals surface area contributed by atoms with Crippen LogP contribution in [0.25, 0.3) is 0 Å². The smallest absolute Gasteiger partial charge is 0.183 e. The molecule has 0 radical (unpaired) electrons. The number of sulfone groups is 1. The van der Waals surface area contributed by atoms with Crippen molar-refractivity contribution in [3.05, 3.63) is 4.88 Å². The molecule has 3 N–H and O–H groups in total. The number of nitrogens with two attached hydrogens (primary N) is 1. The summed E-state index contributed by atoms with van der Waals surface area (Å²) in [7, 11) is -1.82. The molecule has 102 valence electrons. The van der Waals surface area contributed by atoms with E-state index >= 15 is 0 Å². The zero-order valence-electron chi connectivity index (χ0n) is 10.9. The molecule has 5 nitrogen and oxygen atoms in total. The van der Waals surface area contributed by atoms with E-state index in [1.54, 1.807) is 27.8 Å². The number of nitrogens with one attached hydrogen (secondary N) is 1. The molecule has 0 saturated carbocycles. The maximum Gasteiger partial charge on any atom is 0.183 e. The van der Waals surface area contributed by atoms with Crippen molar-refractivity contribution in [2.24, 2.45) is 5.92 Å². The first kappa shape index (κ1) is 15.0. The van der Waals surface area contributed by atoms with Gasteiger partial charge in [0.2, 0.25) is 0 Å². The van der Waals surface area contributed by atoms with Gasteiger partial charge in [-0.3, -0.25) is 4.79 Å². The highest BCUT2D eigenvalue weighted by atomic mass is 32.2. The molecular weight excluding hydrogens is 272 g/mol. The van der Waals surface area contributed by atoms with Gasteiger partial charge in [-0.1, -0.05) is 20.8 Å². The fraction of sp³-hybridized carbons (Fsp3) is 0.545. The van der Waals surface area contributed by atoms with Crippen LogP contribution in [0.3, 0.4) is 0 Å². The molecule has 0 atom stereocenters. The molecule has 0 spiro atoms. The number of anilines is 2. The van der Waals surface area contributed by atoms with Crippen molar-refractivity contribution >= 4 is 37.6 Å². The van der Waals surface area contributed by atoms with Crippen LogP contribution < -0.4 is 11.1 Å². The summed E-state index contributed by atoms with van der Waals surface area (Å²) in [5.41, 5.74) is 5.92. The average molecular weight is 290 g/mol. The lowest BCUT2D eigenvalue weighted by Gasteiger charge is -2.05. The van der Waals surface area contributed by atoms with Gasteiger partial charge in [0, 0.05) is 13.0 Å². The number of thiophene rings is 1. The maximum absolute atomic E-state index is 12.0. The Hall–Kier alpha value is -1.08. The van der Waals surface area contributed by atoms with Crippen molar-refractivity contribution in [2.45, 2.75) is 25.7 Å². The minimum Gasteiger partial charge on any atom is -0.396 e. The summed E-state index contributed by atoms with van der Waals surface area (Å²) >= 11 is 1.10. The van der Waals surface area contributed by atoms with Gasteiger partial charge in [-0.15, -0.1) is 11.3 Å². The molecular formula is C11H18N2O3S2.